The molecule has 18 heavy (non-hydrogen) atoms. The zero-order valence-electron chi connectivity index (χ0n) is 8.45. The molecule has 2 rings (SSSR count). The van der Waals surface area contributed by atoms with E-state index in [1.165, 1.54) is 0 Å². The molecule has 0 aliphatic carbocycles. The number of aromatic hydroxyl groups is 1. The second-order valence-corrected chi connectivity index (χ2v) is 4.08. The van der Waals surface area contributed by atoms with E-state index >= 15 is 0 Å². The predicted octanol–water partition coefficient (Wildman–Crippen LogP) is 2.63. The van der Waals surface area contributed by atoms with Gasteiger partial charge >= 0.3 is 5.97 Å². The van der Waals surface area contributed by atoms with Crippen molar-refractivity contribution in [3.63, 3.8) is 0 Å². The first-order valence-electron chi connectivity index (χ1n) is 4.47. The van der Waals surface area contributed by atoms with Crippen molar-refractivity contribution in [2.24, 2.45) is 0 Å². The minimum Gasteiger partial charge on any atom is -0.503 e. The third-order valence-corrected chi connectivity index (χ3v) is 2.96. The van der Waals surface area contributed by atoms with Gasteiger partial charge in [-0.15, -0.1) is 11.3 Å². The van der Waals surface area contributed by atoms with Gasteiger partial charge in [-0.3, -0.25) is 0 Å². The van der Waals surface area contributed by atoms with Gasteiger partial charge in [0.1, 0.15) is 5.01 Å². The van der Waals surface area contributed by atoms with E-state index in [1.54, 1.807) is 0 Å². The van der Waals surface area contributed by atoms with Crippen molar-refractivity contribution < 1.29 is 28.2 Å². The number of carbonyl (C=O) groups is 1. The van der Waals surface area contributed by atoms with Crippen LogP contribution in [0.3, 0.4) is 0 Å². The minimum absolute atomic E-state index is 0.167. The standard InChI is InChI=1S/C10H4F3NO3S/c11-4-1-3(6(12)8(15)7(4)13)9-14-5(2-18-9)10(16)17/h1-2,15H,(H,16,17). The Morgan fingerprint density at radius 2 is 1.94 bits per heavy atom. The fourth-order valence-corrected chi connectivity index (χ4v) is 2.05. The first-order chi connectivity index (χ1) is 8.41. The number of benzene rings is 1. The van der Waals surface area contributed by atoms with Gasteiger partial charge in [-0.1, -0.05) is 0 Å². The first kappa shape index (κ1) is 12.4. The Kier molecular flexibility index (Phi) is 2.95. The topological polar surface area (TPSA) is 70.4 Å². The number of phenols is 1. The van der Waals surface area contributed by atoms with Gasteiger partial charge in [0.05, 0.1) is 5.56 Å². The molecule has 0 unspecified atom stereocenters. The molecule has 1 aromatic carbocycles. The molecule has 0 amide bonds. The van der Waals surface area contributed by atoms with E-state index in [2.05, 4.69) is 4.98 Å². The molecule has 0 radical (unpaired) electrons. The fraction of sp³-hybridized carbons (Fsp3) is 0. The Morgan fingerprint density at radius 3 is 2.50 bits per heavy atom. The predicted molar refractivity (Wildman–Crippen MR) is 56.0 cm³/mol. The number of phenolic OH excluding ortho intramolecular Hbond substituents is 1. The Morgan fingerprint density at radius 1 is 1.28 bits per heavy atom. The van der Waals surface area contributed by atoms with E-state index in [0.717, 1.165) is 16.7 Å². The summed E-state index contributed by atoms with van der Waals surface area (Å²) in [6, 6.07) is 0.509. The quantitative estimate of drug-likeness (QED) is 0.826. The zero-order valence-corrected chi connectivity index (χ0v) is 9.26. The van der Waals surface area contributed by atoms with Crippen LogP contribution < -0.4 is 0 Å². The van der Waals surface area contributed by atoms with Gasteiger partial charge in [-0.2, -0.15) is 4.39 Å². The molecule has 2 aromatic rings. The molecule has 2 N–H and O–H groups in total. The van der Waals surface area contributed by atoms with E-state index in [1.807, 2.05) is 0 Å². The Bertz CT molecular complexity index is 642. The molecule has 0 aliphatic heterocycles. The van der Waals surface area contributed by atoms with Crippen LogP contribution in [0.4, 0.5) is 13.2 Å². The molecule has 0 bridgehead atoms. The molecule has 0 saturated carbocycles. The number of aromatic carboxylic acids is 1. The number of carboxylic acid groups (broad SMARTS) is 1. The van der Waals surface area contributed by atoms with Crippen molar-refractivity contribution in [1.29, 1.82) is 0 Å². The first-order valence-corrected chi connectivity index (χ1v) is 5.35. The van der Waals surface area contributed by atoms with E-state index in [0.29, 0.717) is 6.07 Å². The maximum atomic E-state index is 13.5. The smallest absolute Gasteiger partial charge is 0.355 e. The van der Waals surface area contributed by atoms with Gasteiger partial charge in [0.25, 0.3) is 0 Å². The summed E-state index contributed by atoms with van der Waals surface area (Å²) in [5, 5.41) is 18.6. The molecular formula is C10H4F3NO3S. The van der Waals surface area contributed by atoms with Crippen molar-refractivity contribution in [2.75, 3.05) is 0 Å². The highest BCUT2D eigenvalue weighted by Crippen LogP contribution is 2.33. The normalized spacial score (nSPS) is 10.6. The Labute approximate surface area is 102 Å². The van der Waals surface area contributed by atoms with Crippen molar-refractivity contribution in [1.82, 2.24) is 4.98 Å². The van der Waals surface area contributed by atoms with Gasteiger partial charge in [-0.25, -0.2) is 18.6 Å². The fourth-order valence-electron chi connectivity index (χ4n) is 1.24. The van der Waals surface area contributed by atoms with Crippen molar-refractivity contribution in [3.05, 3.63) is 34.6 Å². The SMILES string of the molecule is O=C(O)c1csc(-c2cc(F)c(F)c(O)c2F)n1. The lowest BCUT2D eigenvalue weighted by Gasteiger charge is -2.03. The summed E-state index contributed by atoms with van der Waals surface area (Å²) in [6.07, 6.45) is 0. The highest BCUT2D eigenvalue weighted by molar-refractivity contribution is 7.13. The highest BCUT2D eigenvalue weighted by atomic mass is 32.1. The monoisotopic (exact) mass is 275 g/mol. The van der Waals surface area contributed by atoms with Crippen molar-refractivity contribution >= 4 is 17.3 Å². The highest BCUT2D eigenvalue weighted by Gasteiger charge is 2.21. The van der Waals surface area contributed by atoms with Crippen LogP contribution >= 0.6 is 11.3 Å². The third kappa shape index (κ3) is 1.90. The van der Waals surface area contributed by atoms with Gasteiger partial charge in [-0.05, 0) is 6.07 Å². The summed E-state index contributed by atoms with van der Waals surface area (Å²) < 4.78 is 39.4. The molecule has 94 valence electrons. The summed E-state index contributed by atoms with van der Waals surface area (Å²) in [6.45, 7) is 0. The van der Waals surface area contributed by atoms with Crippen LogP contribution in [-0.2, 0) is 0 Å². The average Bonchev–Trinajstić information content (AvgIpc) is 2.80. The number of thiazole rings is 1. The molecule has 0 saturated heterocycles. The van der Waals surface area contributed by atoms with Gasteiger partial charge < -0.3 is 10.2 Å². The maximum Gasteiger partial charge on any atom is 0.355 e. The summed E-state index contributed by atoms with van der Waals surface area (Å²) in [4.78, 5) is 14.1. The zero-order chi connectivity index (χ0) is 13.4. The number of halogens is 3. The summed E-state index contributed by atoms with van der Waals surface area (Å²) >= 11 is 0.736. The van der Waals surface area contributed by atoms with Crippen LogP contribution in [0.15, 0.2) is 11.4 Å². The lowest BCUT2D eigenvalue weighted by atomic mass is 10.2. The molecule has 8 heteroatoms. The average molecular weight is 275 g/mol. The molecule has 1 heterocycles. The molecule has 4 nitrogen and oxygen atoms in total. The van der Waals surface area contributed by atoms with E-state index in [9.17, 15) is 18.0 Å². The van der Waals surface area contributed by atoms with Crippen molar-refractivity contribution in [2.45, 2.75) is 0 Å². The van der Waals surface area contributed by atoms with Crippen LogP contribution in [0.1, 0.15) is 10.5 Å². The van der Waals surface area contributed by atoms with Gasteiger partial charge in [0.15, 0.2) is 23.1 Å². The number of nitrogens with zero attached hydrogens (tertiary/aromatic N) is 1. The van der Waals surface area contributed by atoms with Crippen LogP contribution in [0.5, 0.6) is 5.75 Å². The molecule has 0 spiro atoms. The third-order valence-electron chi connectivity index (χ3n) is 2.09. The summed E-state index contributed by atoms with van der Waals surface area (Å²) in [5.74, 6) is -7.33. The van der Waals surface area contributed by atoms with E-state index in [-0.39, 0.29) is 10.7 Å². The van der Waals surface area contributed by atoms with Crippen LogP contribution in [-0.4, -0.2) is 21.2 Å². The van der Waals surface area contributed by atoms with Crippen molar-refractivity contribution in [3.8, 4) is 16.3 Å². The number of hydrogen-bond acceptors (Lipinski definition) is 4. The molecule has 0 aliphatic rings. The van der Waals surface area contributed by atoms with Crippen LogP contribution in [0, 0.1) is 17.5 Å². The van der Waals surface area contributed by atoms with Gasteiger partial charge in [0.2, 0.25) is 5.82 Å². The lowest BCUT2D eigenvalue weighted by Crippen LogP contribution is -1.97. The second-order valence-electron chi connectivity index (χ2n) is 3.23. The number of rotatable bonds is 2. The van der Waals surface area contributed by atoms with E-state index in [4.69, 9.17) is 10.2 Å². The maximum absolute atomic E-state index is 13.5. The molecule has 0 atom stereocenters. The second kappa shape index (κ2) is 4.30. The Balaban J connectivity index is 2.60. The molecule has 1 aromatic heterocycles. The molecular weight excluding hydrogens is 271 g/mol. The summed E-state index contributed by atoms with van der Waals surface area (Å²) in [5.41, 5.74) is -0.845. The number of hydrogen-bond donors (Lipinski definition) is 2. The summed E-state index contributed by atoms with van der Waals surface area (Å²) in [7, 11) is 0. The van der Waals surface area contributed by atoms with Gasteiger partial charge in [0, 0.05) is 5.38 Å². The molecule has 0 fully saturated rings. The van der Waals surface area contributed by atoms with Crippen LogP contribution in [0.2, 0.25) is 0 Å². The Hall–Kier alpha value is -2.09. The lowest BCUT2D eigenvalue weighted by molar-refractivity contribution is 0.0691. The van der Waals surface area contributed by atoms with Crippen LogP contribution in [0.25, 0.3) is 10.6 Å². The minimum atomic E-state index is -1.70. The van der Waals surface area contributed by atoms with E-state index < -0.39 is 34.7 Å². The largest absolute Gasteiger partial charge is 0.503 e. The number of carboxylic acids is 1. The number of aromatic nitrogens is 1.